The lowest BCUT2D eigenvalue weighted by Gasteiger charge is -2.44. The summed E-state index contributed by atoms with van der Waals surface area (Å²) in [6.45, 7) is 0. The largest absolute Gasteiger partial charge is 0.507 e. The number of phenols is 4. The molecule has 0 aliphatic carbocycles. The number of ether oxygens (including phenoxy) is 1. The molecule has 1 fully saturated rings. The molecule has 1 aliphatic rings. The van der Waals surface area contributed by atoms with Crippen molar-refractivity contribution in [2.24, 2.45) is 0 Å². The zero-order valence-corrected chi connectivity index (χ0v) is 17.2. The van der Waals surface area contributed by atoms with Gasteiger partial charge in [0.2, 0.25) is 17.0 Å². The molecule has 10 N–H and O–H groups in total. The third-order valence-electron chi connectivity index (χ3n) is 5.63. The van der Waals surface area contributed by atoms with Crippen molar-refractivity contribution in [2.75, 3.05) is 0 Å². The Morgan fingerprint density at radius 3 is 2.14 bits per heavy atom. The highest BCUT2D eigenvalue weighted by molar-refractivity contribution is 5.91. The molecule has 35 heavy (non-hydrogen) atoms. The van der Waals surface area contributed by atoms with Crippen LogP contribution in [0.4, 0.5) is 0 Å². The van der Waals surface area contributed by atoms with Crippen molar-refractivity contribution in [1.29, 1.82) is 0 Å². The predicted octanol–water partition coefficient (Wildman–Crippen LogP) is -1.30. The van der Waals surface area contributed by atoms with E-state index in [1.807, 2.05) is 0 Å². The lowest BCUT2D eigenvalue weighted by Crippen LogP contribution is -2.64. The zero-order chi connectivity index (χ0) is 26.0. The van der Waals surface area contributed by atoms with Crippen molar-refractivity contribution >= 4 is 16.9 Å². The minimum atomic E-state index is -3.33. The van der Waals surface area contributed by atoms with Crippen LogP contribution in [0.2, 0.25) is 0 Å². The van der Waals surface area contributed by atoms with Crippen molar-refractivity contribution in [3.8, 4) is 40.1 Å². The van der Waals surface area contributed by atoms with Crippen LogP contribution in [0.25, 0.3) is 22.3 Å². The van der Waals surface area contributed by atoms with Crippen molar-refractivity contribution in [3.05, 3.63) is 40.1 Å². The van der Waals surface area contributed by atoms with Gasteiger partial charge in [0, 0.05) is 11.6 Å². The van der Waals surface area contributed by atoms with Crippen LogP contribution in [0.1, 0.15) is 5.56 Å². The van der Waals surface area contributed by atoms with Crippen LogP contribution in [-0.2, 0) is 15.3 Å². The molecule has 14 heteroatoms. The number of carbonyl (C=O) groups is 1. The second kappa shape index (κ2) is 8.00. The summed E-state index contributed by atoms with van der Waals surface area (Å²) in [7, 11) is 0. The number of aliphatic hydroxyl groups excluding tert-OH is 3. The first-order valence-corrected chi connectivity index (χ1v) is 9.74. The van der Waals surface area contributed by atoms with Gasteiger partial charge in [-0.2, -0.15) is 0 Å². The van der Waals surface area contributed by atoms with Crippen molar-refractivity contribution in [2.45, 2.75) is 30.2 Å². The van der Waals surface area contributed by atoms with E-state index in [4.69, 9.17) is 9.15 Å². The van der Waals surface area contributed by atoms with Gasteiger partial charge in [-0.25, -0.2) is 4.79 Å². The van der Waals surface area contributed by atoms with Crippen molar-refractivity contribution in [3.63, 3.8) is 0 Å². The summed E-state index contributed by atoms with van der Waals surface area (Å²) in [5.74, 6) is -10.3. The Hall–Kier alpha value is -4.08. The quantitative estimate of drug-likeness (QED) is 0.190. The van der Waals surface area contributed by atoms with E-state index in [9.17, 15) is 60.7 Å². The summed E-state index contributed by atoms with van der Waals surface area (Å²) in [5, 5.41) is 101. The molecule has 0 bridgehead atoms. The van der Waals surface area contributed by atoms with E-state index >= 15 is 0 Å². The number of carboxylic acids is 1. The van der Waals surface area contributed by atoms with Gasteiger partial charge in [-0.05, 0) is 18.2 Å². The third-order valence-corrected chi connectivity index (χ3v) is 5.63. The van der Waals surface area contributed by atoms with Gasteiger partial charge < -0.3 is 60.2 Å². The summed E-state index contributed by atoms with van der Waals surface area (Å²) in [4.78, 5) is 24.4. The molecule has 2 aromatic carbocycles. The van der Waals surface area contributed by atoms with Gasteiger partial charge in [0.1, 0.15) is 35.2 Å². The maximum absolute atomic E-state index is 12.9. The van der Waals surface area contributed by atoms with E-state index in [1.165, 1.54) is 0 Å². The number of fused-ring (bicyclic) bond motifs is 1. The van der Waals surface area contributed by atoms with Gasteiger partial charge in [-0.15, -0.1) is 0 Å². The number of rotatable bonds is 3. The molecule has 1 aromatic heterocycles. The van der Waals surface area contributed by atoms with Crippen LogP contribution in [0.15, 0.2) is 33.5 Å². The SMILES string of the molecule is O=C(O)[C@H]1OC(O)(c2c(O)cc(O)c3c(=O)c(O)c(-c4ccc(O)c(O)c4)oc23)[C@H](O)[C@@H](O)[C@@H]1O. The average molecular weight is 494 g/mol. The number of aromatic hydroxyl groups is 5. The topological polar surface area (TPSA) is 259 Å². The molecule has 1 saturated heterocycles. The molecule has 4 rings (SSSR count). The summed E-state index contributed by atoms with van der Waals surface area (Å²) in [6, 6.07) is 3.46. The molecular weight excluding hydrogens is 476 g/mol. The second-order valence-electron chi connectivity index (χ2n) is 7.81. The van der Waals surface area contributed by atoms with Crippen LogP contribution in [-0.4, -0.2) is 81.5 Å². The Kier molecular flexibility index (Phi) is 5.50. The van der Waals surface area contributed by atoms with Gasteiger partial charge in [0.05, 0.1) is 5.56 Å². The average Bonchev–Trinajstić information content (AvgIpc) is 2.78. The molecule has 186 valence electrons. The highest BCUT2D eigenvalue weighted by Gasteiger charge is 2.58. The fraction of sp³-hybridized carbons (Fsp3) is 0.238. The molecule has 14 nitrogen and oxygen atoms in total. The molecule has 0 amide bonds. The maximum atomic E-state index is 12.9. The Morgan fingerprint density at radius 1 is 0.886 bits per heavy atom. The van der Waals surface area contributed by atoms with E-state index in [2.05, 4.69) is 0 Å². The van der Waals surface area contributed by atoms with Crippen LogP contribution in [0, 0.1) is 0 Å². The van der Waals surface area contributed by atoms with Gasteiger partial charge >= 0.3 is 5.97 Å². The standard InChI is InChI=1S/C21H18O14/c22-6-2-1-5(3-7(6)23)16-13(27)12(26)10-8(24)4-9(25)11(17(10)34-16)21(33)19(30)15(29)14(28)18(35-21)20(31)32/h1-4,14-15,18-19,22-25,27-30,33H,(H,31,32)/t14-,15-,18-,19+,21?/m0/s1. The Morgan fingerprint density at radius 2 is 1.54 bits per heavy atom. The lowest BCUT2D eigenvalue weighted by atomic mass is 9.86. The molecule has 1 unspecified atom stereocenters. The minimum Gasteiger partial charge on any atom is -0.507 e. The predicted molar refractivity (Wildman–Crippen MR) is 111 cm³/mol. The number of aliphatic carboxylic acids is 1. The summed E-state index contributed by atoms with van der Waals surface area (Å²) in [5.41, 5.74) is -3.48. The summed E-state index contributed by atoms with van der Waals surface area (Å²) in [6.07, 6.45) is -9.42. The zero-order valence-electron chi connectivity index (χ0n) is 17.2. The highest BCUT2D eigenvalue weighted by atomic mass is 16.7. The summed E-state index contributed by atoms with van der Waals surface area (Å²) < 4.78 is 10.4. The van der Waals surface area contributed by atoms with E-state index in [1.54, 1.807) is 0 Å². The minimum absolute atomic E-state index is 0.207. The Balaban J connectivity index is 2.08. The van der Waals surface area contributed by atoms with Crippen LogP contribution >= 0.6 is 0 Å². The van der Waals surface area contributed by atoms with E-state index in [0.29, 0.717) is 6.07 Å². The van der Waals surface area contributed by atoms with Crippen molar-refractivity contribution < 1.29 is 65.0 Å². The molecule has 5 atom stereocenters. The fourth-order valence-corrected chi connectivity index (χ4v) is 3.86. The molecule has 3 aromatic rings. The molecule has 0 radical (unpaired) electrons. The first kappa shape index (κ1) is 24.1. The van der Waals surface area contributed by atoms with Gasteiger partial charge in [-0.3, -0.25) is 4.79 Å². The van der Waals surface area contributed by atoms with E-state index < -0.39 is 92.6 Å². The number of phenolic OH excluding ortho intramolecular Hbond substituents is 4. The van der Waals surface area contributed by atoms with Crippen LogP contribution in [0.5, 0.6) is 28.7 Å². The first-order chi connectivity index (χ1) is 16.3. The monoisotopic (exact) mass is 494 g/mol. The lowest BCUT2D eigenvalue weighted by molar-refractivity contribution is -0.349. The number of hydrogen-bond acceptors (Lipinski definition) is 13. The Bertz CT molecular complexity index is 1410. The molecule has 0 spiro atoms. The number of carboxylic acid groups (broad SMARTS) is 1. The fourth-order valence-electron chi connectivity index (χ4n) is 3.86. The van der Waals surface area contributed by atoms with Gasteiger partial charge in [0.15, 0.2) is 28.9 Å². The van der Waals surface area contributed by atoms with Gasteiger partial charge in [-0.1, -0.05) is 0 Å². The highest BCUT2D eigenvalue weighted by Crippen LogP contribution is 2.47. The smallest absolute Gasteiger partial charge is 0.335 e. The molecular formula is C21H18O14. The van der Waals surface area contributed by atoms with Crippen molar-refractivity contribution in [1.82, 2.24) is 0 Å². The number of hydrogen-bond donors (Lipinski definition) is 10. The molecule has 0 saturated carbocycles. The van der Waals surface area contributed by atoms with Gasteiger partial charge in [0.25, 0.3) is 0 Å². The number of benzene rings is 2. The second-order valence-corrected chi connectivity index (χ2v) is 7.81. The maximum Gasteiger partial charge on any atom is 0.335 e. The van der Waals surface area contributed by atoms with Crippen LogP contribution in [0.3, 0.4) is 0 Å². The van der Waals surface area contributed by atoms with E-state index in [0.717, 1.165) is 18.2 Å². The third kappa shape index (κ3) is 3.48. The molecule has 1 aliphatic heterocycles. The van der Waals surface area contributed by atoms with E-state index in [-0.39, 0.29) is 5.56 Å². The molecule has 2 heterocycles. The Labute approximate surface area is 193 Å². The number of aliphatic hydroxyl groups is 4. The first-order valence-electron chi connectivity index (χ1n) is 9.74. The summed E-state index contributed by atoms with van der Waals surface area (Å²) >= 11 is 0. The normalized spacial score (nSPS) is 26.6. The van der Waals surface area contributed by atoms with Crippen LogP contribution < -0.4 is 5.43 Å².